The summed E-state index contributed by atoms with van der Waals surface area (Å²) in [6, 6.07) is 17.9. The van der Waals surface area contributed by atoms with E-state index in [4.69, 9.17) is 20.9 Å². The van der Waals surface area contributed by atoms with Crippen LogP contribution in [-0.4, -0.2) is 49.4 Å². The molecule has 0 amide bonds. The molecule has 0 unspecified atom stereocenters. The molecule has 0 aliphatic carbocycles. The van der Waals surface area contributed by atoms with Crippen molar-refractivity contribution in [1.82, 2.24) is 4.90 Å². The Hall–Kier alpha value is -2.90. The Labute approximate surface area is 159 Å². The Kier molecular flexibility index (Phi) is 6.78. The third kappa shape index (κ3) is 6.09. The largest absolute Gasteiger partial charge is 0.489 e. The summed E-state index contributed by atoms with van der Waals surface area (Å²) in [4.78, 5) is 2.27. The summed E-state index contributed by atoms with van der Waals surface area (Å²) < 4.78 is 11.2. The second-order valence-electron chi connectivity index (χ2n) is 6.26. The summed E-state index contributed by atoms with van der Waals surface area (Å²) >= 11 is 0. The van der Waals surface area contributed by atoms with Crippen LogP contribution in [-0.2, 0) is 11.3 Å². The van der Waals surface area contributed by atoms with Crippen molar-refractivity contribution < 1.29 is 9.47 Å². The van der Waals surface area contributed by atoms with E-state index in [1.165, 1.54) is 0 Å². The Morgan fingerprint density at radius 2 is 1.67 bits per heavy atom. The maximum absolute atomic E-state index is 5.84. The van der Waals surface area contributed by atoms with Gasteiger partial charge >= 0.3 is 0 Å². The molecule has 1 fully saturated rings. The first-order valence-electron chi connectivity index (χ1n) is 8.93. The van der Waals surface area contributed by atoms with E-state index in [0.29, 0.717) is 13.2 Å². The second-order valence-corrected chi connectivity index (χ2v) is 6.26. The summed E-state index contributed by atoms with van der Waals surface area (Å²) in [5.74, 6) is 0.743. The normalized spacial score (nSPS) is 15.3. The molecule has 142 valence electrons. The van der Waals surface area contributed by atoms with Crippen molar-refractivity contribution >= 4 is 11.7 Å². The van der Waals surface area contributed by atoms with Crippen LogP contribution < -0.4 is 16.2 Å². The van der Waals surface area contributed by atoms with Crippen molar-refractivity contribution in [2.45, 2.75) is 6.61 Å². The van der Waals surface area contributed by atoms with Crippen molar-refractivity contribution in [3.63, 3.8) is 0 Å². The fourth-order valence-electron chi connectivity index (χ4n) is 2.75. The molecule has 0 atom stereocenters. The zero-order valence-electron chi connectivity index (χ0n) is 15.3. The fraction of sp³-hybridized carbons (Fsp3) is 0.300. The zero-order chi connectivity index (χ0) is 18.9. The third-order valence-corrected chi connectivity index (χ3v) is 4.20. The Morgan fingerprint density at radius 1 is 0.963 bits per heavy atom. The summed E-state index contributed by atoms with van der Waals surface area (Å²) in [7, 11) is 0. The second kappa shape index (κ2) is 9.70. The van der Waals surface area contributed by atoms with Gasteiger partial charge in [0.05, 0.1) is 18.9 Å². The number of nitrogens with zero attached hydrogens (tertiary/aromatic N) is 3. The molecule has 0 spiro atoms. The molecular formula is C20H25N5O2. The summed E-state index contributed by atoms with van der Waals surface area (Å²) in [5.41, 5.74) is 13.8. The minimum Gasteiger partial charge on any atom is -0.489 e. The van der Waals surface area contributed by atoms with E-state index in [1.807, 2.05) is 54.6 Å². The smallest absolute Gasteiger partial charge is 0.211 e. The van der Waals surface area contributed by atoms with Crippen LogP contribution in [0, 0.1) is 0 Å². The van der Waals surface area contributed by atoms with Crippen LogP contribution in [0.4, 0.5) is 0 Å². The van der Waals surface area contributed by atoms with Gasteiger partial charge in [-0.1, -0.05) is 30.3 Å². The first kappa shape index (κ1) is 18.9. The van der Waals surface area contributed by atoms with E-state index in [-0.39, 0.29) is 5.96 Å². The molecule has 4 N–H and O–H groups in total. The molecule has 1 aliphatic heterocycles. The van der Waals surface area contributed by atoms with Gasteiger partial charge in [0.15, 0.2) is 0 Å². The van der Waals surface area contributed by atoms with Gasteiger partial charge in [0.25, 0.3) is 0 Å². The third-order valence-electron chi connectivity index (χ3n) is 4.20. The number of hydrogen-bond donors (Lipinski definition) is 2. The average Bonchev–Trinajstić information content (AvgIpc) is 2.71. The standard InChI is InChI=1S/C20H25N5O2/c21-20(22)24-23-19(14-25-10-12-26-13-11-25)17-6-8-18(9-7-17)27-15-16-4-2-1-3-5-16/h1-9H,10-15H2,(H4,21,22,24)/b23-19+. The van der Waals surface area contributed by atoms with Crippen molar-refractivity contribution in [3.8, 4) is 5.75 Å². The highest BCUT2D eigenvalue weighted by atomic mass is 16.5. The van der Waals surface area contributed by atoms with Gasteiger partial charge in [0, 0.05) is 19.6 Å². The lowest BCUT2D eigenvalue weighted by atomic mass is 10.1. The highest BCUT2D eigenvalue weighted by molar-refractivity contribution is 6.02. The fourth-order valence-corrected chi connectivity index (χ4v) is 2.75. The van der Waals surface area contributed by atoms with Crippen LogP contribution in [0.25, 0.3) is 0 Å². The quantitative estimate of drug-likeness (QED) is 0.440. The summed E-state index contributed by atoms with van der Waals surface area (Å²) in [6.45, 7) is 4.36. The van der Waals surface area contributed by atoms with Gasteiger partial charge in [-0.2, -0.15) is 5.10 Å². The highest BCUT2D eigenvalue weighted by Crippen LogP contribution is 2.16. The summed E-state index contributed by atoms with van der Waals surface area (Å²) in [6.07, 6.45) is 0. The number of benzene rings is 2. The molecule has 2 aromatic rings. The first-order valence-corrected chi connectivity index (χ1v) is 8.93. The minimum atomic E-state index is -0.0581. The lowest BCUT2D eigenvalue weighted by Gasteiger charge is -2.26. The molecule has 1 heterocycles. The van der Waals surface area contributed by atoms with E-state index in [2.05, 4.69) is 15.1 Å². The maximum atomic E-state index is 5.84. The molecule has 0 aromatic heterocycles. The molecule has 1 saturated heterocycles. The van der Waals surface area contributed by atoms with Gasteiger partial charge in [-0.15, -0.1) is 5.10 Å². The molecule has 0 saturated carbocycles. The molecule has 7 heteroatoms. The van der Waals surface area contributed by atoms with Crippen molar-refractivity contribution in [2.24, 2.45) is 21.7 Å². The van der Waals surface area contributed by atoms with E-state index >= 15 is 0 Å². The van der Waals surface area contributed by atoms with Crippen LogP contribution in [0.15, 0.2) is 64.8 Å². The molecule has 0 bridgehead atoms. The van der Waals surface area contributed by atoms with Gasteiger partial charge in [0.1, 0.15) is 12.4 Å². The number of morpholine rings is 1. The molecule has 0 radical (unpaired) electrons. The topological polar surface area (TPSA) is 98.5 Å². The predicted molar refractivity (Wildman–Crippen MR) is 107 cm³/mol. The number of guanidine groups is 1. The van der Waals surface area contributed by atoms with Crippen LogP contribution in [0.3, 0.4) is 0 Å². The van der Waals surface area contributed by atoms with Gasteiger partial charge in [-0.05, 0) is 35.4 Å². The average molecular weight is 367 g/mol. The predicted octanol–water partition coefficient (Wildman–Crippen LogP) is 1.58. The van der Waals surface area contributed by atoms with Gasteiger partial charge in [0.2, 0.25) is 5.96 Å². The van der Waals surface area contributed by atoms with Gasteiger partial charge < -0.3 is 20.9 Å². The molecule has 3 rings (SSSR count). The van der Waals surface area contributed by atoms with Crippen molar-refractivity contribution in [2.75, 3.05) is 32.8 Å². The highest BCUT2D eigenvalue weighted by Gasteiger charge is 2.14. The van der Waals surface area contributed by atoms with Gasteiger partial charge in [-0.3, -0.25) is 4.90 Å². The zero-order valence-corrected chi connectivity index (χ0v) is 15.3. The Balaban J connectivity index is 1.68. The summed E-state index contributed by atoms with van der Waals surface area (Å²) in [5, 5.41) is 8.08. The first-order chi connectivity index (χ1) is 13.2. The van der Waals surface area contributed by atoms with E-state index in [1.54, 1.807) is 0 Å². The minimum absolute atomic E-state index is 0.0581. The van der Waals surface area contributed by atoms with Crippen molar-refractivity contribution in [1.29, 1.82) is 0 Å². The van der Waals surface area contributed by atoms with E-state index in [0.717, 1.165) is 48.9 Å². The van der Waals surface area contributed by atoms with Crippen LogP contribution >= 0.6 is 0 Å². The van der Waals surface area contributed by atoms with Gasteiger partial charge in [-0.25, -0.2) is 0 Å². The lowest BCUT2D eigenvalue weighted by Crippen LogP contribution is -2.39. The lowest BCUT2D eigenvalue weighted by molar-refractivity contribution is 0.0453. The van der Waals surface area contributed by atoms with Crippen LogP contribution in [0.5, 0.6) is 5.75 Å². The van der Waals surface area contributed by atoms with Crippen molar-refractivity contribution in [3.05, 3.63) is 65.7 Å². The number of ether oxygens (including phenoxy) is 2. The number of hydrogen-bond acceptors (Lipinski definition) is 5. The molecular weight excluding hydrogens is 342 g/mol. The Morgan fingerprint density at radius 3 is 2.33 bits per heavy atom. The number of nitrogens with two attached hydrogens (primary N) is 2. The number of rotatable bonds is 7. The molecule has 1 aliphatic rings. The van der Waals surface area contributed by atoms with Crippen LogP contribution in [0.1, 0.15) is 11.1 Å². The maximum Gasteiger partial charge on any atom is 0.211 e. The molecule has 2 aromatic carbocycles. The van der Waals surface area contributed by atoms with Crippen LogP contribution in [0.2, 0.25) is 0 Å². The Bertz CT molecular complexity index is 765. The van der Waals surface area contributed by atoms with E-state index < -0.39 is 0 Å². The SMILES string of the molecule is NC(N)=N/N=C(\CN1CCOCC1)c1ccc(OCc2ccccc2)cc1. The monoisotopic (exact) mass is 367 g/mol. The molecule has 27 heavy (non-hydrogen) atoms. The van der Waals surface area contributed by atoms with E-state index in [9.17, 15) is 0 Å². The molecule has 7 nitrogen and oxygen atoms in total.